The maximum absolute atomic E-state index is 11.6. The van der Waals surface area contributed by atoms with Gasteiger partial charge in [0.25, 0.3) is 0 Å². The van der Waals surface area contributed by atoms with Crippen molar-refractivity contribution in [2.24, 2.45) is 11.7 Å². The van der Waals surface area contributed by atoms with Crippen LogP contribution in [0.5, 0.6) is 11.5 Å². The summed E-state index contributed by atoms with van der Waals surface area (Å²) in [5.74, 6) is 0.794. The molecule has 19 heavy (non-hydrogen) atoms. The zero-order valence-electron chi connectivity index (χ0n) is 11.0. The number of carbonyl (C=O) groups is 1. The molecule has 104 valence electrons. The lowest BCUT2D eigenvalue weighted by Crippen LogP contribution is -2.26. The van der Waals surface area contributed by atoms with Crippen LogP contribution in [-0.4, -0.2) is 30.8 Å². The largest absolute Gasteiger partial charge is 0.493 e. The van der Waals surface area contributed by atoms with Crippen LogP contribution in [0.1, 0.15) is 18.4 Å². The van der Waals surface area contributed by atoms with Crippen LogP contribution in [0.4, 0.5) is 0 Å². The molecule has 1 atom stereocenters. The van der Waals surface area contributed by atoms with Crippen LogP contribution in [0, 0.1) is 5.92 Å². The number of hydrogen-bond donors (Lipinski definition) is 2. The number of carbonyl (C=O) groups excluding carboxylic acids is 1. The van der Waals surface area contributed by atoms with Gasteiger partial charge in [0.1, 0.15) is 0 Å². The highest BCUT2D eigenvalue weighted by Crippen LogP contribution is 2.34. The normalized spacial score (nSPS) is 15.9. The second-order valence-corrected chi connectivity index (χ2v) is 4.83. The van der Waals surface area contributed by atoms with Gasteiger partial charge in [0, 0.05) is 6.04 Å². The van der Waals surface area contributed by atoms with E-state index < -0.39 is 0 Å². The molecule has 5 heteroatoms. The number of benzene rings is 1. The Morgan fingerprint density at radius 1 is 1.47 bits per heavy atom. The maximum atomic E-state index is 11.6. The third-order valence-corrected chi connectivity index (χ3v) is 3.08. The average molecular weight is 265 g/mol. The standard InChI is InChI=1S/C14H19NO4/c1-18-13-7-9(6-11(15)8-16)2-5-12(13)19-14(17)10-3-4-10/h2,5,7,10-11,16H,3-4,6,8,15H2,1H3. The van der Waals surface area contributed by atoms with Gasteiger partial charge in [-0.25, -0.2) is 0 Å². The van der Waals surface area contributed by atoms with E-state index in [1.165, 1.54) is 7.11 Å². The quantitative estimate of drug-likeness (QED) is 0.589. The number of ether oxygens (including phenoxy) is 2. The molecule has 1 aliphatic rings. The molecule has 0 bridgehead atoms. The predicted molar refractivity (Wildman–Crippen MR) is 70.1 cm³/mol. The summed E-state index contributed by atoms with van der Waals surface area (Å²) in [6.45, 7) is -0.0687. The number of aliphatic hydroxyl groups excluding tert-OH is 1. The average Bonchev–Trinajstić information content (AvgIpc) is 3.24. The minimum Gasteiger partial charge on any atom is -0.493 e. The Bertz CT molecular complexity index is 457. The summed E-state index contributed by atoms with van der Waals surface area (Å²) >= 11 is 0. The van der Waals surface area contributed by atoms with Crippen LogP contribution in [-0.2, 0) is 11.2 Å². The molecular formula is C14H19NO4. The maximum Gasteiger partial charge on any atom is 0.314 e. The molecule has 1 saturated carbocycles. The van der Waals surface area contributed by atoms with Gasteiger partial charge in [-0.1, -0.05) is 6.07 Å². The summed E-state index contributed by atoms with van der Waals surface area (Å²) < 4.78 is 10.5. The van der Waals surface area contributed by atoms with Crippen molar-refractivity contribution in [2.45, 2.75) is 25.3 Å². The van der Waals surface area contributed by atoms with Gasteiger partial charge in [-0.05, 0) is 37.0 Å². The second kappa shape index (κ2) is 6.04. The monoisotopic (exact) mass is 265 g/mol. The number of nitrogens with two attached hydrogens (primary N) is 1. The highest BCUT2D eigenvalue weighted by molar-refractivity contribution is 5.78. The first-order valence-corrected chi connectivity index (χ1v) is 6.39. The Morgan fingerprint density at radius 3 is 2.79 bits per heavy atom. The van der Waals surface area contributed by atoms with Gasteiger partial charge < -0.3 is 20.3 Å². The smallest absolute Gasteiger partial charge is 0.314 e. The Labute approximate surface area is 112 Å². The first-order valence-electron chi connectivity index (χ1n) is 6.39. The molecule has 1 aliphatic carbocycles. The van der Waals surface area contributed by atoms with E-state index in [0.717, 1.165) is 18.4 Å². The van der Waals surface area contributed by atoms with Gasteiger partial charge in [-0.2, -0.15) is 0 Å². The lowest BCUT2D eigenvalue weighted by Gasteiger charge is -2.12. The van der Waals surface area contributed by atoms with Gasteiger partial charge >= 0.3 is 5.97 Å². The molecule has 0 aliphatic heterocycles. The summed E-state index contributed by atoms with van der Waals surface area (Å²) in [7, 11) is 1.53. The minimum absolute atomic E-state index is 0.0483. The van der Waals surface area contributed by atoms with E-state index in [1.54, 1.807) is 12.1 Å². The first-order chi connectivity index (χ1) is 9.13. The van der Waals surface area contributed by atoms with Crippen molar-refractivity contribution in [3.63, 3.8) is 0 Å². The molecular weight excluding hydrogens is 246 g/mol. The highest BCUT2D eigenvalue weighted by atomic mass is 16.6. The first kappa shape index (κ1) is 13.8. The lowest BCUT2D eigenvalue weighted by atomic mass is 10.1. The Hall–Kier alpha value is -1.59. The SMILES string of the molecule is COc1cc(CC(N)CO)ccc1OC(=O)C1CC1. The van der Waals surface area contributed by atoms with Crippen LogP contribution >= 0.6 is 0 Å². The van der Waals surface area contributed by atoms with Crippen LogP contribution in [0.15, 0.2) is 18.2 Å². The molecule has 0 heterocycles. The molecule has 1 unspecified atom stereocenters. The molecule has 2 rings (SSSR count). The van der Waals surface area contributed by atoms with Gasteiger partial charge in [-0.15, -0.1) is 0 Å². The van der Waals surface area contributed by atoms with Crippen LogP contribution in [0.2, 0.25) is 0 Å². The molecule has 0 saturated heterocycles. The predicted octanol–water partition coefficient (Wildman–Crippen LogP) is 0.873. The molecule has 0 aromatic heterocycles. The van der Waals surface area contributed by atoms with E-state index in [4.69, 9.17) is 20.3 Å². The summed E-state index contributed by atoms with van der Waals surface area (Å²) in [5.41, 5.74) is 6.62. The Balaban J connectivity index is 2.08. The molecule has 1 aromatic rings. The van der Waals surface area contributed by atoms with E-state index >= 15 is 0 Å². The lowest BCUT2D eigenvalue weighted by molar-refractivity contribution is -0.135. The van der Waals surface area contributed by atoms with Crippen molar-refractivity contribution in [1.29, 1.82) is 0 Å². The fourth-order valence-corrected chi connectivity index (χ4v) is 1.80. The van der Waals surface area contributed by atoms with Crippen LogP contribution < -0.4 is 15.2 Å². The van der Waals surface area contributed by atoms with Gasteiger partial charge in [0.15, 0.2) is 11.5 Å². The fourth-order valence-electron chi connectivity index (χ4n) is 1.80. The molecule has 0 amide bonds. The Kier molecular flexibility index (Phi) is 4.39. The molecule has 3 N–H and O–H groups in total. The summed E-state index contributed by atoms with van der Waals surface area (Å²) in [4.78, 5) is 11.6. The number of aliphatic hydroxyl groups is 1. The van der Waals surface area contributed by atoms with Gasteiger partial charge in [0.05, 0.1) is 19.6 Å². The fraction of sp³-hybridized carbons (Fsp3) is 0.500. The molecule has 0 radical (unpaired) electrons. The zero-order chi connectivity index (χ0) is 13.8. The van der Waals surface area contributed by atoms with Crippen molar-refractivity contribution >= 4 is 5.97 Å². The van der Waals surface area contributed by atoms with E-state index in [2.05, 4.69) is 0 Å². The molecule has 1 fully saturated rings. The minimum atomic E-state index is -0.301. The Morgan fingerprint density at radius 2 is 2.21 bits per heavy atom. The van der Waals surface area contributed by atoms with Crippen molar-refractivity contribution in [2.75, 3.05) is 13.7 Å². The van der Waals surface area contributed by atoms with Crippen LogP contribution in [0.25, 0.3) is 0 Å². The van der Waals surface area contributed by atoms with Crippen molar-refractivity contribution < 1.29 is 19.4 Å². The van der Waals surface area contributed by atoms with Crippen molar-refractivity contribution in [3.8, 4) is 11.5 Å². The molecule has 5 nitrogen and oxygen atoms in total. The summed E-state index contributed by atoms with van der Waals surface area (Å²) in [5, 5.41) is 8.94. The number of esters is 1. The van der Waals surface area contributed by atoms with Crippen molar-refractivity contribution in [3.05, 3.63) is 23.8 Å². The number of hydrogen-bond acceptors (Lipinski definition) is 5. The summed E-state index contributed by atoms with van der Waals surface area (Å²) in [6.07, 6.45) is 2.36. The van der Waals surface area contributed by atoms with E-state index in [-0.39, 0.29) is 24.5 Å². The van der Waals surface area contributed by atoms with E-state index in [0.29, 0.717) is 17.9 Å². The summed E-state index contributed by atoms with van der Waals surface area (Å²) in [6, 6.07) is 5.02. The van der Waals surface area contributed by atoms with Crippen LogP contribution in [0.3, 0.4) is 0 Å². The van der Waals surface area contributed by atoms with E-state index in [9.17, 15) is 4.79 Å². The topological polar surface area (TPSA) is 81.8 Å². The second-order valence-electron chi connectivity index (χ2n) is 4.83. The third-order valence-electron chi connectivity index (χ3n) is 3.08. The van der Waals surface area contributed by atoms with E-state index in [1.807, 2.05) is 6.07 Å². The third kappa shape index (κ3) is 3.68. The highest BCUT2D eigenvalue weighted by Gasteiger charge is 2.32. The number of methoxy groups -OCH3 is 1. The molecule has 0 spiro atoms. The zero-order valence-corrected chi connectivity index (χ0v) is 11.0. The van der Waals surface area contributed by atoms with Gasteiger partial charge in [0.2, 0.25) is 0 Å². The number of rotatable bonds is 6. The van der Waals surface area contributed by atoms with Crippen molar-refractivity contribution in [1.82, 2.24) is 0 Å². The molecule has 1 aromatic carbocycles. The van der Waals surface area contributed by atoms with Gasteiger partial charge in [-0.3, -0.25) is 4.79 Å².